The fourth-order valence-corrected chi connectivity index (χ4v) is 5.15. The summed E-state index contributed by atoms with van der Waals surface area (Å²) in [6, 6.07) is 2.06. The molecule has 2 heteroatoms. The van der Waals surface area contributed by atoms with Crippen LogP contribution in [0.15, 0.2) is 23.0 Å². The van der Waals surface area contributed by atoms with E-state index in [1.165, 1.54) is 37.8 Å². The van der Waals surface area contributed by atoms with E-state index in [4.69, 9.17) is 4.42 Å². The first kappa shape index (κ1) is 11.1. The third kappa shape index (κ3) is 1.91. The molecule has 2 nitrogen and oxygen atoms in total. The molecule has 18 heavy (non-hydrogen) atoms. The molecule has 0 saturated heterocycles. The van der Waals surface area contributed by atoms with E-state index in [2.05, 4.69) is 11.4 Å². The summed E-state index contributed by atoms with van der Waals surface area (Å²) in [4.78, 5) is 0. The summed E-state index contributed by atoms with van der Waals surface area (Å²) in [6.45, 7) is 2.19. The van der Waals surface area contributed by atoms with E-state index in [0.717, 1.165) is 36.1 Å². The van der Waals surface area contributed by atoms with Crippen molar-refractivity contribution in [3.8, 4) is 0 Å². The molecule has 0 aliphatic heterocycles. The van der Waals surface area contributed by atoms with Crippen LogP contribution in [0.5, 0.6) is 0 Å². The van der Waals surface area contributed by atoms with Crippen LogP contribution in [0.4, 0.5) is 0 Å². The third-order valence-electron chi connectivity index (χ3n) is 5.71. The summed E-state index contributed by atoms with van der Waals surface area (Å²) >= 11 is 0. The molecule has 98 valence electrons. The molecular formula is C16H23NO. The third-order valence-corrected chi connectivity index (χ3v) is 5.71. The number of hydrogen-bond acceptors (Lipinski definition) is 2. The average molecular weight is 245 g/mol. The van der Waals surface area contributed by atoms with E-state index in [1.807, 2.05) is 6.26 Å². The zero-order valence-corrected chi connectivity index (χ0v) is 11.0. The van der Waals surface area contributed by atoms with Gasteiger partial charge in [-0.1, -0.05) is 0 Å². The molecule has 1 N–H and O–H groups in total. The van der Waals surface area contributed by atoms with Crippen LogP contribution in [0.3, 0.4) is 0 Å². The van der Waals surface area contributed by atoms with Crippen LogP contribution in [-0.4, -0.2) is 6.54 Å². The van der Waals surface area contributed by atoms with Gasteiger partial charge in [0.2, 0.25) is 0 Å². The van der Waals surface area contributed by atoms with Crippen molar-refractivity contribution < 1.29 is 4.42 Å². The molecule has 0 unspecified atom stereocenters. The summed E-state index contributed by atoms with van der Waals surface area (Å²) in [5.74, 6) is 5.23. The fourth-order valence-electron chi connectivity index (χ4n) is 5.15. The van der Waals surface area contributed by atoms with Crippen molar-refractivity contribution in [1.82, 2.24) is 5.32 Å². The molecule has 5 rings (SSSR count). The van der Waals surface area contributed by atoms with Crippen molar-refractivity contribution in [2.75, 3.05) is 6.54 Å². The van der Waals surface area contributed by atoms with Gasteiger partial charge in [0.05, 0.1) is 12.5 Å². The van der Waals surface area contributed by atoms with Gasteiger partial charge in [0.25, 0.3) is 0 Å². The average Bonchev–Trinajstić information content (AvgIpc) is 2.85. The first-order valence-corrected chi connectivity index (χ1v) is 7.60. The topological polar surface area (TPSA) is 25.2 Å². The standard InChI is InChI=1S/C16H23NO/c1-2-18-10-11(1)8-17-9-16-14-4-12-3-13(6-14)7-15(16)5-12/h1-2,10,12-17H,3-9H2. The van der Waals surface area contributed by atoms with Crippen LogP contribution < -0.4 is 5.32 Å². The second-order valence-electron chi connectivity index (χ2n) is 6.86. The zero-order chi connectivity index (χ0) is 11.9. The second-order valence-corrected chi connectivity index (χ2v) is 6.86. The van der Waals surface area contributed by atoms with E-state index in [-0.39, 0.29) is 0 Å². The Kier molecular flexibility index (Phi) is 2.72. The van der Waals surface area contributed by atoms with Crippen LogP contribution in [0.2, 0.25) is 0 Å². The lowest BCUT2D eigenvalue weighted by Gasteiger charge is -2.54. The summed E-state index contributed by atoms with van der Waals surface area (Å²) in [6.07, 6.45) is 11.3. The molecule has 4 aliphatic rings. The Hall–Kier alpha value is -0.760. The van der Waals surface area contributed by atoms with Crippen molar-refractivity contribution in [3.05, 3.63) is 24.2 Å². The van der Waals surface area contributed by atoms with Gasteiger partial charge in [0.1, 0.15) is 0 Å². The lowest BCUT2D eigenvalue weighted by Crippen LogP contribution is -2.48. The number of furan rings is 1. The lowest BCUT2D eigenvalue weighted by molar-refractivity contribution is -0.0355. The monoisotopic (exact) mass is 245 g/mol. The quantitative estimate of drug-likeness (QED) is 0.879. The van der Waals surface area contributed by atoms with Gasteiger partial charge in [-0.2, -0.15) is 0 Å². The highest BCUT2D eigenvalue weighted by atomic mass is 16.3. The summed E-state index contributed by atoms with van der Waals surface area (Å²) in [7, 11) is 0. The minimum atomic E-state index is 0.963. The van der Waals surface area contributed by atoms with Gasteiger partial charge >= 0.3 is 0 Å². The van der Waals surface area contributed by atoms with Crippen molar-refractivity contribution in [2.24, 2.45) is 29.6 Å². The minimum Gasteiger partial charge on any atom is -0.472 e. The molecule has 1 heterocycles. The molecule has 4 saturated carbocycles. The molecule has 0 atom stereocenters. The maximum atomic E-state index is 5.11. The summed E-state index contributed by atoms with van der Waals surface area (Å²) < 4.78 is 5.11. The SMILES string of the molecule is c1cc(CNCC2C3CC4CC(C3)CC2C4)co1. The van der Waals surface area contributed by atoms with E-state index >= 15 is 0 Å². The fraction of sp³-hybridized carbons (Fsp3) is 0.750. The van der Waals surface area contributed by atoms with Crippen molar-refractivity contribution in [3.63, 3.8) is 0 Å². The molecule has 4 aliphatic carbocycles. The van der Waals surface area contributed by atoms with Crippen LogP contribution in [-0.2, 0) is 6.54 Å². The zero-order valence-electron chi connectivity index (χ0n) is 11.0. The van der Waals surface area contributed by atoms with Gasteiger partial charge < -0.3 is 9.73 Å². The molecule has 1 aromatic rings. The van der Waals surface area contributed by atoms with E-state index < -0.39 is 0 Å². The maximum Gasteiger partial charge on any atom is 0.0947 e. The van der Waals surface area contributed by atoms with Crippen LogP contribution in [0.1, 0.15) is 37.7 Å². The maximum absolute atomic E-state index is 5.11. The van der Waals surface area contributed by atoms with Crippen LogP contribution in [0.25, 0.3) is 0 Å². The van der Waals surface area contributed by atoms with E-state index in [0.29, 0.717) is 0 Å². The second kappa shape index (κ2) is 4.41. The molecule has 0 amide bonds. The molecule has 0 spiro atoms. The van der Waals surface area contributed by atoms with Crippen molar-refractivity contribution in [1.29, 1.82) is 0 Å². The Morgan fingerprint density at radius 3 is 2.39 bits per heavy atom. The minimum absolute atomic E-state index is 0.963. The van der Waals surface area contributed by atoms with Crippen LogP contribution in [0, 0.1) is 29.6 Å². The van der Waals surface area contributed by atoms with Crippen molar-refractivity contribution in [2.45, 2.75) is 38.6 Å². The van der Waals surface area contributed by atoms with Gasteiger partial charge in [0, 0.05) is 12.1 Å². The Balaban J connectivity index is 1.35. The first-order chi connectivity index (χ1) is 8.88. The van der Waals surface area contributed by atoms with Gasteiger partial charge in [-0.3, -0.25) is 0 Å². The molecular weight excluding hydrogens is 222 g/mol. The number of rotatable bonds is 4. The van der Waals surface area contributed by atoms with Gasteiger partial charge in [-0.05, 0) is 74.3 Å². The Morgan fingerprint density at radius 1 is 1.06 bits per heavy atom. The molecule has 4 fully saturated rings. The van der Waals surface area contributed by atoms with Crippen molar-refractivity contribution >= 4 is 0 Å². The highest BCUT2D eigenvalue weighted by Gasteiger charge is 2.47. The van der Waals surface area contributed by atoms with Gasteiger partial charge in [-0.15, -0.1) is 0 Å². The molecule has 1 aromatic heterocycles. The molecule has 4 bridgehead atoms. The molecule has 0 radical (unpaired) electrons. The lowest BCUT2D eigenvalue weighted by atomic mass is 9.52. The Morgan fingerprint density at radius 2 is 1.78 bits per heavy atom. The first-order valence-electron chi connectivity index (χ1n) is 7.60. The normalized spacial score (nSPS) is 41.4. The van der Waals surface area contributed by atoms with E-state index in [9.17, 15) is 0 Å². The Labute approximate surface area is 109 Å². The highest BCUT2D eigenvalue weighted by molar-refractivity contribution is 5.05. The predicted octanol–water partition coefficient (Wildman–Crippen LogP) is 3.44. The predicted molar refractivity (Wildman–Crippen MR) is 70.9 cm³/mol. The highest BCUT2D eigenvalue weighted by Crippen LogP contribution is 2.56. The number of nitrogens with one attached hydrogen (secondary N) is 1. The van der Waals surface area contributed by atoms with Gasteiger partial charge in [0.15, 0.2) is 0 Å². The number of hydrogen-bond donors (Lipinski definition) is 1. The van der Waals surface area contributed by atoms with E-state index in [1.54, 1.807) is 12.7 Å². The Bertz CT molecular complexity index is 369. The van der Waals surface area contributed by atoms with Crippen LogP contribution >= 0.6 is 0 Å². The van der Waals surface area contributed by atoms with Gasteiger partial charge in [-0.25, -0.2) is 0 Å². The summed E-state index contributed by atoms with van der Waals surface area (Å²) in [5, 5.41) is 3.66. The summed E-state index contributed by atoms with van der Waals surface area (Å²) in [5.41, 5.74) is 1.28. The molecule has 0 aromatic carbocycles. The smallest absolute Gasteiger partial charge is 0.0947 e. The largest absolute Gasteiger partial charge is 0.472 e.